The fourth-order valence-electron chi connectivity index (χ4n) is 1.39. The lowest BCUT2D eigenvalue weighted by Crippen LogP contribution is -2.26. The Morgan fingerprint density at radius 2 is 2.33 bits per heavy atom. The van der Waals surface area contributed by atoms with Gasteiger partial charge in [-0.3, -0.25) is 9.69 Å². The highest BCUT2D eigenvalue weighted by atomic mass is 79.9. The average Bonchev–Trinajstić information content (AvgIpc) is 2.45. The van der Waals surface area contributed by atoms with Crippen molar-refractivity contribution in [1.82, 2.24) is 9.97 Å². The number of rotatable bonds is 1. The number of alkyl halides is 1. The molecule has 0 spiro atoms. The van der Waals surface area contributed by atoms with Crippen LogP contribution in [0, 0.1) is 0 Å². The lowest BCUT2D eigenvalue weighted by atomic mass is 10.4. The summed E-state index contributed by atoms with van der Waals surface area (Å²) < 4.78 is 0.554. The number of carbonyl (C=O) groups excluding carboxylic acids is 1. The highest BCUT2D eigenvalue weighted by Gasteiger charge is 2.31. The van der Waals surface area contributed by atoms with Crippen molar-refractivity contribution in [3.63, 3.8) is 0 Å². The van der Waals surface area contributed by atoms with Gasteiger partial charge in [0.1, 0.15) is 4.60 Å². The highest BCUT2D eigenvalue weighted by molar-refractivity contribution is 9.10. The van der Waals surface area contributed by atoms with Gasteiger partial charge >= 0.3 is 0 Å². The van der Waals surface area contributed by atoms with Crippen LogP contribution in [0.2, 0.25) is 5.15 Å². The molecule has 1 aliphatic rings. The summed E-state index contributed by atoms with van der Waals surface area (Å²) in [6, 6.07) is 0. The summed E-state index contributed by atoms with van der Waals surface area (Å²) in [5.74, 6) is 0.433. The van der Waals surface area contributed by atoms with E-state index in [4.69, 9.17) is 11.6 Å². The third kappa shape index (κ3) is 2.32. The molecule has 1 saturated heterocycles. The zero-order valence-electron chi connectivity index (χ0n) is 7.45. The first-order valence-electron chi connectivity index (χ1n) is 4.20. The van der Waals surface area contributed by atoms with E-state index < -0.39 is 0 Å². The number of carbonyl (C=O) groups is 1. The first-order chi connectivity index (χ1) is 7.08. The van der Waals surface area contributed by atoms with E-state index in [0.29, 0.717) is 23.4 Å². The number of hydrogen-bond donors (Lipinski definition) is 0. The van der Waals surface area contributed by atoms with E-state index in [9.17, 15) is 4.79 Å². The monoisotopic (exact) mass is 353 g/mol. The number of hydrogen-bond acceptors (Lipinski definition) is 3. The van der Waals surface area contributed by atoms with Gasteiger partial charge in [-0.2, -0.15) is 0 Å². The second-order valence-electron chi connectivity index (χ2n) is 3.11. The molecule has 0 aliphatic carbocycles. The van der Waals surface area contributed by atoms with Crippen molar-refractivity contribution in [3.8, 4) is 0 Å². The standard InChI is InChI=1S/C8H6Br2ClN3O/c9-4-1-6(15)14(3-4)8-7(11)13-5(10)2-12-8/h2,4H,1,3H2. The molecule has 2 heterocycles. The fraction of sp³-hybridized carbons (Fsp3) is 0.375. The van der Waals surface area contributed by atoms with Crippen LogP contribution >= 0.6 is 43.5 Å². The molecule has 1 atom stereocenters. The second kappa shape index (κ2) is 4.35. The van der Waals surface area contributed by atoms with Crippen LogP contribution in [0.25, 0.3) is 0 Å². The molecule has 0 N–H and O–H groups in total. The van der Waals surface area contributed by atoms with Gasteiger partial charge in [0, 0.05) is 17.8 Å². The third-order valence-electron chi connectivity index (χ3n) is 2.02. The van der Waals surface area contributed by atoms with Crippen LogP contribution in [0.3, 0.4) is 0 Å². The zero-order chi connectivity index (χ0) is 11.0. The van der Waals surface area contributed by atoms with Crippen molar-refractivity contribution < 1.29 is 4.79 Å². The van der Waals surface area contributed by atoms with Crippen molar-refractivity contribution in [2.75, 3.05) is 11.4 Å². The SMILES string of the molecule is O=C1CC(Br)CN1c1ncc(Br)nc1Cl. The van der Waals surface area contributed by atoms with Crippen molar-refractivity contribution >= 4 is 55.2 Å². The Labute approximate surface area is 108 Å². The van der Waals surface area contributed by atoms with E-state index in [1.165, 1.54) is 6.20 Å². The molecule has 1 aliphatic heterocycles. The molecule has 0 bridgehead atoms. The summed E-state index contributed by atoms with van der Waals surface area (Å²) in [7, 11) is 0. The number of anilines is 1. The second-order valence-corrected chi connectivity index (χ2v) is 5.58. The maximum absolute atomic E-state index is 11.6. The Hall–Kier alpha value is -0.200. The Kier molecular flexibility index (Phi) is 3.27. The lowest BCUT2D eigenvalue weighted by molar-refractivity contribution is -0.117. The van der Waals surface area contributed by atoms with E-state index >= 15 is 0 Å². The summed E-state index contributed by atoms with van der Waals surface area (Å²) in [5, 5.41) is 0.235. The maximum atomic E-state index is 11.6. The van der Waals surface area contributed by atoms with Crippen LogP contribution in [-0.2, 0) is 4.79 Å². The molecular weight excluding hydrogens is 349 g/mol. The van der Waals surface area contributed by atoms with E-state index in [1.54, 1.807) is 4.90 Å². The van der Waals surface area contributed by atoms with Gasteiger partial charge in [0.2, 0.25) is 5.91 Å². The highest BCUT2D eigenvalue weighted by Crippen LogP contribution is 2.28. The minimum atomic E-state index is 0.00963. The molecule has 2 rings (SSSR count). The third-order valence-corrected chi connectivity index (χ3v) is 3.27. The minimum absolute atomic E-state index is 0.00963. The van der Waals surface area contributed by atoms with E-state index in [1.807, 2.05) is 0 Å². The largest absolute Gasteiger partial charge is 0.293 e. The molecule has 15 heavy (non-hydrogen) atoms. The van der Waals surface area contributed by atoms with Crippen LogP contribution in [0.5, 0.6) is 0 Å². The van der Waals surface area contributed by atoms with Crippen molar-refractivity contribution in [3.05, 3.63) is 16.0 Å². The average molecular weight is 355 g/mol. The quantitative estimate of drug-likeness (QED) is 0.727. The molecule has 1 aromatic heterocycles. The van der Waals surface area contributed by atoms with Crippen molar-refractivity contribution in [2.24, 2.45) is 0 Å². The molecule has 0 aromatic carbocycles. The van der Waals surface area contributed by atoms with Gasteiger partial charge in [0.05, 0.1) is 6.20 Å². The zero-order valence-corrected chi connectivity index (χ0v) is 11.4. The number of amides is 1. The molecule has 1 aromatic rings. The Morgan fingerprint density at radius 3 is 2.87 bits per heavy atom. The van der Waals surface area contributed by atoms with Gasteiger partial charge in [0.15, 0.2) is 11.0 Å². The summed E-state index contributed by atoms with van der Waals surface area (Å²) in [4.78, 5) is 21.4. The topological polar surface area (TPSA) is 46.1 Å². The number of halogens is 3. The van der Waals surface area contributed by atoms with Gasteiger partial charge in [-0.1, -0.05) is 27.5 Å². The lowest BCUT2D eigenvalue weighted by Gasteiger charge is -2.15. The fourth-order valence-corrected chi connectivity index (χ4v) is 2.58. The van der Waals surface area contributed by atoms with Gasteiger partial charge in [-0.05, 0) is 15.9 Å². The van der Waals surface area contributed by atoms with Crippen molar-refractivity contribution in [2.45, 2.75) is 11.2 Å². The first-order valence-corrected chi connectivity index (χ1v) is 6.29. The summed E-state index contributed by atoms with van der Waals surface area (Å²) in [6.07, 6.45) is 1.99. The first kappa shape index (κ1) is 11.3. The maximum Gasteiger partial charge on any atom is 0.229 e. The van der Waals surface area contributed by atoms with Crippen LogP contribution in [0.4, 0.5) is 5.82 Å². The summed E-state index contributed by atoms with van der Waals surface area (Å²) >= 11 is 12.5. The minimum Gasteiger partial charge on any atom is -0.293 e. The van der Waals surface area contributed by atoms with Gasteiger partial charge in [-0.25, -0.2) is 9.97 Å². The van der Waals surface area contributed by atoms with E-state index in [-0.39, 0.29) is 15.9 Å². The molecule has 1 fully saturated rings. The normalized spacial score (nSPS) is 21.1. The Morgan fingerprint density at radius 1 is 1.60 bits per heavy atom. The van der Waals surface area contributed by atoms with Crippen LogP contribution in [-0.4, -0.2) is 27.2 Å². The Bertz CT molecular complexity index is 415. The predicted molar refractivity (Wildman–Crippen MR) is 64.4 cm³/mol. The molecular formula is C8H6Br2ClN3O. The Balaban J connectivity index is 2.34. The molecule has 1 amide bonds. The molecule has 1 unspecified atom stereocenters. The molecule has 4 nitrogen and oxygen atoms in total. The molecule has 7 heteroatoms. The number of nitrogens with zero attached hydrogens (tertiary/aromatic N) is 3. The van der Waals surface area contributed by atoms with Gasteiger partial charge in [-0.15, -0.1) is 0 Å². The van der Waals surface area contributed by atoms with Gasteiger partial charge in [0.25, 0.3) is 0 Å². The summed E-state index contributed by atoms with van der Waals surface area (Å²) in [6.45, 7) is 0.578. The van der Waals surface area contributed by atoms with Crippen molar-refractivity contribution in [1.29, 1.82) is 0 Å². The van der Waals surface area contributed by atoms with Gasteiger partial charge < -0.3 is 0 Å². The van der Waals surface area contributed by atoms with Crippen LogP contribution in [0.15, 0.2) is 10.8 Å². The van der Waals surface area contributed by atoms with E-state index in [0.717, 1.165) is 0 Å². The number of aromatic nitrogens is 2. The summed E-state index contributed by atoms with van der Waals surface area (Å²) in [5.41, 5.74) is 0. The van der Waals surface area contributed by atoms with E-state index in [2.05, 4.69) is 41.8 Å². The smallest absolute Gasteiger partial charge is 0.229 e. The van der Waals surface area contributed by atoms with Crippen LogP contribution < -0.4 is 4.90 Å². The molecule has 80 valence electrons. The predicted octanol–water partition coefficient (Wildman–Crippen LogP) is 2.39. The molecule has 0 saturated carbocycles. The van der Waals surface area contributed by atoms with Crippen LogP contribution in [0.1, 0.15) is 6.42 Å². The molecule has 0 radical (unpaired) electrons.